The summed E-state index contributed by atoms with van der Waals surface area (Å²) in [5.41, 5.74) is 10.5. The molecule has 2 aromatic carbocycles. The Labute approximate surface area is 123 Å². The van der Waals surface area contributed by atoms with E-state index in [4.69, 9.17) is 5.73 Å². The Balaban J connectivity index is 2.26. The average Bonchev–Trinajstić information content (AvgIpc) is 2.40. The van der Waals surface area contributed by atoms with E-state index < -0.39 is 0 Å². The van der Waals surface area contributed by atoms with Gasteiger partial charge in [0.1, 0.15) is 0 Å². The van der Waals surface area contributed by atoms with E-state index in [-0.39, 0.29) is 0 Å². The van der Waals surface area contributed by atoms with Crippen LogP contribution in [-0.4, -0.2) is 6.54 Å². The number of anilines is 2. The van der Waals surface area contributed by atoms with E-state index in [9.17, 15) is 0 Å². The van der Waals surface area contributed by atoms with Crippen LogP contribution in [0, 0.1) is 6.92 Å². The Morgan fingerprint density at radius 3 is 2.58 bits per heavy atom. The SMILES string of the molecule is CCN(Cc1cccc(N)c1Br)c1cccc(C)c1. The van der Waals surface area contributed by atoms with Crippen molar-refractivity contribution in [3.8, 4) is 0 Å². The number of rotatable bonds is 4. The normalized spacial score (nSPS) is 10.5. The lowest BCUT2D eigenvalue weighted by Crippen LogP contribution is -2.22. The largest absolute Gasteiger partial charge is 0.398 e. The molecule has 0 unspecified atom stereocenters. The van der Waals surface area contributed by atoms with Crippen LogP contribution in [0.5, 0.6) is 0 Å². The minimum atomic E-state index is 0.790. The van der Waals surface area contributed by atoms with Gasteiger partial charge in [0.15, 0.2) is 0 Å². The van der Waals surface area contributed by atoms with E-state index in [0.717, 1.165) is 23.2 Å². The molecule has 0 aliphatic carbocycles. The topological polar surface area (TPSA) is 29.3 Å². The Morgan fingerprint density at radius 1 is 1.16 bits per heavy atom. The monoisotopic (exact) mass is 318 g/mol. The summed E-state index contributed by atoms with van der Waals surface area (Å²) in [5.74, 6) is 0. The number of nitrogens with zero attached hydrogens (tertiary/aromatic N) is 1. The second-order valence-corrected chi connectivity index (χ2v) is 5.47. The molecule has 0 atom stereocenters. The molecular formula is C16H19BrN2. The molecule has 0 saturated carbocycles. The zero-order valence-electron chi connectivity index (χ0n) is 11.4. The number of halogens is 1. The molecule has 2 nitrogen and oxygen atoms in total. The summed E-state index contributed by atoms with van der Waals surface area (Å²) in [4.78, 5) is 2.34. The first kappa shape index (κ1) is 13.9. The number of hydrogen-bond acceptors (Lipinski definition) is 2. The molecule has 19 heavy (non-hydrogen) atoms. The smallest absolute Gasteiger partial charge is 0.0461 e. The molecule has 0 aromatic heterocycles. The second-order valence-electron chi connectivity index (χ2n) is 4.67. The molecule has 0 saturated heterocycles. The molecule has 100 valence electrons. The van der Waals surface area contributed by atoms with Crippen LogP contribution in [0.4, 0.5) is 11.4 Å². The van der Waals surface area contributed by atoms with Gasteiger partial charge in [0, 0.05) is 28.9 Å². The molecule has 0 fully saturated rings. The zero-order valence-corrected chi connectivity index (χ0v) is 12.9. The van der Waals surface area contributed by atoms with Gasteiger partial charge in [-0.3, -0.25) is 0 Å². The van der Waals surface area contributed by atoms with Crippen LogP contribution in [0.15, 0.2) is 46.9 Å². The van der Waals surface area contributed by atoms with Gasteiger partial charge in [-0.2, -0.15) is 0 Å². The summed E-state index contributed by atoms with van der Waals surface area (Å²) in [5, 5.41) is 0. The Bertz CT molecular complexity index is 566. The van der Waals surface area contributed by atoms with Gasteiger partial charge in [0.05, 0.1) is 0 Å². The average molecular weight is 319 g/mol. The highest BCUT2D eigenvalue weighted by Gasteiger charge is 2.09. The second kappa shape index (κ2) is 6.11. The maximum absolute atomic E-state index is 5.94. The van der Waals surface area contributed by atoms with Gasteiger partial charge in [-0.15, -0.1) is 0 Å². The predicted octanol–water partition coefficient (Wildman–Crippen LogP) is 4.37. The van der Waals surface area contributed by atoms with Crippen molar-refractivity contribution in [3.05, 3.63) is 58.1 Å². The molecule has 0 bridgehead atoms. The highest BCUT2D eigenvalue weighted by atomic mass is 79.9. The van der Waals surface area contributed by atoms with Gasteiger partial charge in [-0.1, -0.05) is 24.3 Å². The first-order chi connectivity index (χ1) is 9.11. The molecule has 2 rings (SSSR count). The standard InChI is InChI=1S/C16H19BrN2/c1-3-19(14-8-4-6-12(2)10-14)11-13-7-5-9-15(18)16(13)17/h4-10H,3,11,18H2,1-2H3. The highest BCUT2D eigenvalue weighted by molar-refractivity contribution is 9.10. The maximum Gasteiger partial charge on any atom is 0.0461 e. The number of hydrogen-bond donors (Lipinski definition) is 1. The Hall–Kier alpha value is -1.48. The van der Waals surface area contributed by atoms with Crippen LogP contribution in [0.2, 0.25) is 0 Å². The minimum Gasteiger partial charge on any atom is -0.398 e. The number of nitrogen functional groups attached to an aromatic ring is 1. The Morgan fingerprint density at radius 2 is 1.89 bits per heavy atom. The molecule has 2 N–H and O–H groups in total. The van der Waals surface area contributed by atoms with Crippen LogP contribution in [-0.2, 0) is 6.54 Å². The third-order valence-electron chi connectivity index (χ3n) is 3.22. The summed E-state index contributed by atoms with van der Waals surface area (Å²) in [7, 11) is 0. The van der Waals surface area contributed by atoms with Crippen molar-refractivity contribution in [3.63, 3.8) is 0 Å². The van der Waals surface area contributed by atoms with E-state index in [1.54, 1.807) is 0 Å². The summed E-state index contributed by atoms with van der Waals surface area (Å²) in [6, 6.07) is 14.6. The van der Waals surface area contributed by atoms with E-state index in [2.05, 4.69) is 65.0 Å². The predicted molar refractivity (Wildman–Crippen MR) is 86.5 cm³/mol. The van der Waals surface area contributed by atoms with Gasteiger partial charge in [0.25, 0.3) is 0 Å². The molecule has 0 radical (unpaired) electrons. The molecule has 2 aromatic rings. The summed E-state index contributed by atoms with van der Waals surface area (Å²) in [6.07, 6.45) is 0. The molecule has 0 heterocycles. The lowest BCUT2D eigenvalue weighted by atomic mass is 10.1. The fourth-order valence-electron chi connectivity index (χ4n) is 2.14. The summed E-state index contributed by atoms with van der Waals surface area (Å²) >= 11 is 3.57. The molecule has 0 spiro atoms. The van der Waals surface area contributed by atoms with Gasteiger partial charge in [0.2, 0.25) is 0 Å². The first-order valence-corrected chi connectivity index (χ1v) is 7.25. The third kappa shape index (κ3) is 3.29. The summed E-state index contributed by atoms with van der Waals surface area (Å²) in [6.45, 7) is 6.10. The number of benzene rings is 2. The number of nitrogens with two attached hydrogens (primary N) is 1. The van der Waals surface area contributed by atoms with E-state index >= 15 is 0 Å². The van der Waals surface area contributed by atoms with Crippen LogP contribution in [0.25, 0.3) is 0 Å². The third-order valence-corrected chi connectivity index (χ3v) is 4.19. The van der Waals surface area contributed by atoms with Gasteiger partial charge >= 0.3 is 0 Å². The lowest BCUT2D eigenvalue weighted by molar-refractivity contribution is 0.829. The van der Waals surface area contributed by atoms with Gasteiger partial charge < -0.3 is 10.6 Å². The van der Waals surface area contributed by atoms with Crippen molar-refractivity contribution in [2.75, 3.05) is 17.2 Å². The van der Waals surface area contributed by atoms with Crippen LogP contribution < -0.4 is 10.6 Å². The molecule has 0 aliphatic rings. The fourth-order valence-corrected chi connectivity index (χ4v) is 2.53. The van der Waals surface area contributed by atoms with Crippen molar-refractivity contribution in [1.29, 1.82) is 0 Å². The van der Waals surface area contributed by atoms with E-state index in [1.165, 1.54) is 16.8 Å². The van der Waals surface area contributed by atoms with E-state index in [1.807, 2.05) is 12.1 Å². The molecule has 0 amide bonds. The minimum absolute atomic E-state index is 0.790. The molecular weight excluding hydrogens is 300 g/mol. The van der Waals surface area contributed by atoms with Crippen LogP contribution in [0.1, 0.15) is 18.1 Å². The van der Waals surface area contributed by atoms with Crippen LogP contribution >= 0.6 is 15.9 Å². The van der Waals surface area contributed by atoms with Gasteiger partial charge in [-0.05, 0) is 59.1 Å². The highest BCUT2D eigenvalue weighted by Crippen LogP contribution is 2.27. The maximum atomic E-state index is 5.94. The van der Waals surface area contributed by atoms with Crippen molar-refractivity contribution in [2.45, 2.75) is 20.4 Å². The van der Waals surface area contributed by atoms with Gasteiger partial charge in [-0.25, -0.2) is 0 Å². The van der Waals surface area contributed by atoms with Crippen molar-refractivity contribution in [2.24, 2.45) is 0 Å². The number of aryl methyl sites for hydroxylation is 1. The Kier molecular flexibility index (Phi) is 4.48. The lowest BCUT2D eigenvalue weighted by Gasteiger charge is -2.24. The zero-order chi connectivity index (χ0) is 13.8. The van der Waals surface area contributed by atoms with Crippen molar-refractivity contribution in [1.82, 2.24) is 0 Å². The quantitative estimate of drug-likeness (QED) is 0.848. The van der Waals surface area contributed by atoms with Crippen LogP contribution in [0.3, 0.4) is 0 Å². The molecule has 3 heteroatoms. The van der Waals surface area contributed by atoms with Crippen molar-refractivity contribution < 1.29 is 0 Å². The summed E-state index contributed by atoms with van der Waals surface area (Å²) < 4.78 is 1.00. The first-order valence-electron chi connectivity index (χ1n) is 6.46. The molecule has 0 aliphatic heterocycles. The fraction of sp³-hybridized carbons (Fsp3) is 0.250. The van der Waals surface area contributed by atoms with E-state index in [0.29, 0.717) is 0 Å². The van der Waals surface area contributed by atoms with Crippen molar-refractivity contribution >= 4 is 27.3 Å².